The molecule has 1 fully saturated rings. The minimum Gasteiger partial charge on any atom is -0.497 e. The lowest BCUT2D eigenvalue weighted by Gasteiger charge is -2.34. The molecule has 0 amide bonds. The second-order valence-corrected chi connectivity index (χ2v) is 6.37. The number of ether oxygens (including phenoxy) is 2. The molecule has 6 nitrogen and oxygen atoms in total. The molecule has 2 rings (SSSR count). The summed E-state index contributed by atoms with van der Waals surface area (Å²) in [7, 11) is 9.79. The first kappa shape index (κ1) is 18.5. The molecular weight excluding hydrogens is 304 g/mol. The average Bonchev–Trinajstić information content (AvgIpc) is 2.59. The Morgan fingerprint density at radius 3 is 2.21 bits per heavy atom. The molecule has 1 aromatic rings. The van der Waals surface area contributed by atoms with Gasteiger partial charge in [-0.1, -0.05) is 12.1 Å². The van der Waals surface area contributed by atoms with Crippen molar-refractivity contribution in [2.45, 2.75) is 6.04 Å². The first-order chi connectivity index (χ1) is 11.5. The van der Waals surface area contributed by atoms with Crippen LogP contribution in [0.1, 0.15) is 11.6 Å². The average molecular weight is 334 g/mol. The molecule has 134 valence electrons. The zero-order valence-corrected chi connectivity index (χ0v) is 15.5. The van der Waals surface area contributed by atoms with Gasteiger partial charge in [-0.2, -0.15) is 0 Å². The fourth-order valence-corrected chi connectivity index (χ4v) is 3.00. The topological polar surface area (TPSA) is 40.5 Å². The second-order valence-electron chi connectivity index (χ2n) is 6.37. The second kappa shape index (κ2) is 8.89. The van der Waals surface area contributed by atoms with Gasteiger partial charge in [-0.15, -0.1) is 0 Å². The number of methoxy groups -OCH3 is 1. The number of benzene rings is 1. The molecule has 0 N–H and O–H groups in total. The maximum absolute atomic E-state index is 5.51. The van der Waals surface area contributed by atoms with Crippen LogP contribution in [0.2, 0.25) is 0 Å². The Hall–Kier alpha value is -1.79. The van der Waals surface area contributed by atoms with E-state index in [1.165, 1.54) is 5.56 Å². The van der Waals surface area contributed by atoms with Crippen molar-refractivity contribution in [1.82, 2.24) is 14.7 Å². The van der Waals surface area contributed by atoms with Crippen LogP contribution >= 0.6 is 0 Å². The fourth-order valence-electron chi connectivity index (χ4n) is 3.00. The van der Waals surface area contributed by atoms with E-state index in [9.17, 15) is 0 Å². The highest BCUT2D eigenvalue weighted by atomic mass is 16.5. The van der Waals surface area contributed by atoms with Crippen LogP contribution in [0.25, 0.3) is 0 Å². The highest BCUT2D eigenvalue weighted by Crippen LogP contribution is 2.24. The molecule has 0 aromatic heterocycles. The molecule has 0 radical (unpaired) electrons. The van der Waals surface area contributed by atoms with E-state index < -0.39 is 0 Å². The van der Waals surface area contributed by atoms with E-state index in [-0.39, 0.29) is 6.04 Å². The van der Waals surface area contributed by atoms with E-state index in [0.717, 1.165) is 44.6 Å². The van der Waals surface area contributed by atoms with Gasteiger partial charge in [0.1, 0.15) is 5.75 Å². The lowest BCUT2D eigenvalue weighted by Crippen LogP contribution is -2.41. The van der Waals surface area contributed by atoms with Crippen molar-refractivity contribution >= 4 is 5.96 Å². The number of rotatable bonds is 5. The van der Waals surface area contributed by atoms with Crippen molar-refractivity contribution in [1.29, 1.82) is 0 Å². The van der Waals surface area contributed by atoms with Gasteiger partial charge in [-0.05, 0) is 17.7 Å². The Kier molecular flexibility index (Phi) is 6.87. The van der Waals surface area contributed by atoms with Crippen LogP contribution in [-0.4, -0.2) is 88.8 Å². The molecule has 24 heavy (non-hydrogen) atoms. The van der Waals surface area contributed by atoms with Gasteiger partial charge >= 0.3 is 0 Å². The third-order valence-corrected chi connectivity index (χ3v) is 4.19. The lowest BCUT2D eigenvalue weighted by molar-refractivity contribution is 0.0179. The summed E-state index contributed by atoms with van der Waals surface area (Å²) in [6.07, 6.45) is 0. The molecule has 1 aliphatic rings. The number of nitrogens with zero attached hydrogens (tertiary/aromatic N) is 4. The molecule has 1 unspecified atom stereocenters. The standard InChI is InChI=1S/C18H30N4O2/c1-20(2)18(21(3)4)19-14-17(22-10-12-24-13-11-22)15-6-8-16(23-5)9-7-15/h6-9,17H,10-14H2,1-5H3. The maximum Gasteiger partial charge on any atom is 0.195 e. The maximum atomic E-state index is 5.51. The molecule has 1 heterocycles. The van der Waals surface area contributed by atoms with Crippen LogP contribution in [0.15, 0.2) is 29.3 Å². The summed E-state index contributed by atoms with van der Waals surface area (Å²) in [6.45, 7) is 4.16. The van der Waals surface area contributed by atoms with Crippen LogP contribution in [0, 0.1) is 0 Å². The Morgan fingerprint density at radius 2 is 1.71 bits per heavy atom. The van der Waals surface area contributed by atoms with E-state index in [2.05, 4.69) is 17.0 Å². The summed E-state index contributed by atoms with van der Waals surface area (Å²) in [5, 5.41) is 0. The molecule has 0 spiro atoms. The molecular formula is C18H30N4O2. The van der Waals surface area contributed by atoms with E-state index >= 15 is 0 Å². The smallest absolute Gasteiger partial charge is 0.195 e. The van der Waals surface area contributed by atoms with E-state index in [1.54, 1.807) is 7.11 Å². The van der Waals surface area contributed by atoms with Gasteiger partial charge in [0.05, 0.1) is 32.9 Å². The molecule has 1 atom stereocenters. The first-order valence-electron chi connectivity index (χ1n) is 8.37. The molecule has 0 aliphatic carbocycles. The molecule has 0 bridgehead atoms. The van der Waals surface area contributed by atoms with Gasteiger partial charge in [-0.3, -0.25) is 9.89 Å². The van der Waals surface area contributed by atoms with Gasteiger partial charge in [0.25, 0.3) is 0 Å². The van der Waals surface area contributed by atoms with Crippen molar-refractivity contribution in [3.63, 3.8) is 0 Å². The van der Waals surface area contributed by atoms with Crippen molar-refractivity contribution < 1.29 is 9.47 Å². The number of morpholine rings is 1. The Morgan fingerprint density at radius 1 is 1.12 bits per heavy atom. The molecule has 0 saturated carbocycles. The van der Waals surface area contributed by atoms with E-state index in [4.69, 9.17) is 14.5 Å². The van der Waals surface area contributed by atoms with Gasteiger partial charge in [0, 0.05) is 41.3 Å². The minimum absolute atomic E-state index is 0.245. The van der Waals surface area contributed by atoms with E-state index in [0.29, 0.717) is 0 Å². The third-order valence-electron chi connectivity index (χ3n) is 4.19. The molecule has 1 saturated heterocycles. The number of aliphatic imine (C=N–C) groups is 1. The summed E-state index contributed by atoms with van der Waals surface area (Å²) in [4.78, 5) is 11.4. The summed E-state index contributed by atoms with van der Waals surface area (Å²) in [6, 6.07) is 8.56. The van der Waals surface area contributed by atoms with Crippen molar-refractivity contribution in [2.75, 3.05) is 68.1 Å². The molecule has 1 aliphatic heterocycles. The predicted octanol–water partition coefficient (Wildman–Crippen LogP) is 1.55. The first-order valence-corrected chi connectivity index (χ1v) is 8.37. The largest absolute Gasteiger partial charge is 0.497 e. The summed E-state index contributed by atoms with van der Waals surface area (Å²) in [5.41, 5.74) is 1.26. The van der Waals surface area contributed by atoms with Crippen molar-refractivity contribution in [2.24, 2.45) is 4.99 Å². The SMILES string of the molecule is COc1ccc(C(CN=C(N(C)C)N(C)C)N2CCOCC2)cc1. The van der Waals surface area contributed by atoms with Crippen LogP contribution < -0.4 is 4.74 Å². The molecule has 1 aromatic carbocycles. The summed E-state index contributed by atoms with van der Waals surface area (Å²) >= 11 is 0. The van der Waals surface area contributed by atoms with Crippen molar-refractivity contribution in [3.05, 3.63) is 29.8 Å². The minimum atomic E-state index is 0.245. The highest BCUT2D eigenvalue weighted by Gasteiger charge is 2.23. The normalized spacial score (nSPS) is 16.4. The van der Waals surface area contributed by atoms with Crippen molar-refractivity contribution in [3.8, 4) is 5.75 Å². The van der Waals surface area contributed by atoms with Crippen LogP contribution in [0.5, 0.6) is 5.75 Å². The van der Waals surface area contributed by atoms with Crippen LogP contribution in [0.3, 0.4) is 0 Å². The van der Waals surface area contributed by atoms with Gasteiger partial charge in [0.15, 0.2) is 5.96 Å². The number of guanidine groups is 1. The monoisotopic (exact) mass is 334 g/mol. The Bertz CT molecular complexity index is 512. The predicted molar refractivity (Wildman–Crippen MR) is 97.8 cm³/mol. The Balaban J connectivity index is 2.23. The third kappa shape index (κ3) is 4.85. The zero-order valence-electron chi connectivity index (χ0n) is 15.5. The molecule has 6 heteroatoms. The van der Waals surface area contributed by atoms with Gasteiger partial charge in [0.2, 0.25) is 0 Å². The van der Waals surface area contributed by atoms with Gasteiger partial charge < -0.3 is 19.3 Å². The van der Waals surface area contributed by atoms with Gasteiger partial charge in [-0.25, -0.2) is 0 Å². The summed E-state index contributed by atoms with van der Waals surface area (Å²) < 4.78 is 10.8. The number of hydrogen-bond acceptors (Lipinski definition) is 4. The lowest BCUT2D eigenvalue weighted by atomic mass is 10.0. The highest BCUT2D eigenvalue weighted by molar-refractivity contribution is 5.79. The number of hydrogen-bond donors (Lipinski definition) is 0. The van der Waals surface area contributed by atoms with Crippen LogP contribution in [0.4, 0.5) is 0 Å². The van der Waals surface area contributed by atoms with E-state index in [1.807, 2.05) is 50.1 Å². The fraction of sp³-hybridized carbons (Fsp3) is 0.611. The Labute approximate surface area is 145 Å². The zero-order chi connectivity index (χ0) is 17.5. The quantitative estimate of drug-likeness (QED) is 0.604. The summed E-state index contributed by atoms with van der Waals surface area (Å²) in [5.74, 6) is 1.85. The van der Waals surface area contributed by atoms with Crippen LogP contribution in [-0.2, 0) is 4.74 Å².